The van der Waals surface area contributed by atoms with Gasteiger partial charge in [0.25, 0.3) is 11.5 Å². The molecule has 0 saturated carbocycles. The van der Waals surface area contributed by atoms with Crippen molar-refractivity contribution in [2.75, 3.05) is 12.0 Å². The van der Waals surface area contributed by atoms with Gasteiger partial charge in [-0.15, -0.1) is 0 Å². The van der Waals surface area contributed by atoms with Gasteiger partial charge in [0.15, 0.2) is 0 Å². The number of hydrogen-bond acceptors (Lipinski definition) is 3. The number of para-hydroxylation sites is 3. The number of methoxy groups -OCH3 is 1. The summed E-state index contributed by atoms with van der Waals surface area (Å²) in [4.78, 5) is 28.0. The summed E-state index contributed by atoms with van der Waals surface area (Å²) < 4.78 is 6.99. The van der Waals surface area contributed by atoms with E-state index in [4.69, 9.17) is 4.74 Å². The Balaban J connectivity index is 1.84. The molecule has 0 unspecified atom stereocenters. The number of aryl methyl sites for hydroxylation is 1. The average molecular weight is 398 g/mol. The zero-order valence-electron chi connectivity index (χ0n) is 16.9. The lowest BCUT2D eigenvalue weighted by molar-refractivity contribution is -0.118. The predicted octanol–water partition coefficient (Wildman–Crippen LogP) is 4.68. The van der Waals surface area contributed by atoms with E-state index in [0.717, 1.165) is 22.3 Å². The Bertz CT molecular complexity index is 1210. The van der Waals surface area contributed by atoms with Gasteiger partial charge >= 0.3 is 0 Å². The van der Waals surface area contributed by atoms with Crippen LogP contribution in [0.5, 0.6) is 5.75 Å². The topological polar surface area (TPSA) is 51.5 Å². The lowest BCUT2D eigenvalue weighted by Crippen LogP contribution is -2.33. The van der Waals surface area contributed by atoms with Crippen molar-refractivity contribution in [2.45, 2.75) is 13.5 Å². The molecule has 0 bridgehead atoms. The third kappa shape index (κ3) is 3.57. The van der Waals surface area contributed by atoms with E-state index in [9.17, 15) is 9.59 Å². The van der Waals surface area contributed by atoms with Crippen molar-refractivity contribution in [1.29, 1.82) is 0 Å². The number of nitrogens with zero attached hydrogens (tertiary/aromatic N) is 2. The molecule has 0 aliphatic rings. The van der Waals surface area contributed by atoms with Gasteiger partial charge < -0.3 is 4.74 Å². The largest absolute Gasteiger partial charge is 0.495 e. The highest BCUT2D eigenvalue weighted by molar-refractivity contribution is 6.01. The highest BCUT2D eigenvalue weighted by Gasteiger charge is 2.21. The zero-order chi connectivity index (χ0) is 21.1. The van der Waals surface area contributed by atoms with Gasteiger partial charge in [0, 0.05) is 22.8 Å². The number of aromatic nitrogens is 1. The van der Waals surface area contributed by atoms with E-state index in [2.05, 4.69) is 0 Å². The number of carbonyl (C=O) groups excluding carboxylic acids is 1. The molecule has 1 aromatic heterocycles. The van der Waals surface area contributed by atoms with Crippen molar-refractivity contribution in [3.8, 4) is 5.75 Å². The molecule has 0 atom stereocenters. The van der Waals surface area contributed by atoms with Gasteiger partial charge in [-0.3, -0.25) is 19.1 Å². The molecule has 0 radical (unpaired) electrons. The van der Waals surface area contributed by atoms with Gasteiger partial charge in [-0.05, 0) is 42.8 Å². The highest BCUT2D eigenvalue weighted by Crippen LogP contribution is 2.28. The van der Waals surface area contributed by atoms with Gasteiger partial charge in [0.2, 0.25) is 0 Å². The number of amides is 1. The second kappa shape index (κ2) is 8.25. The maximum Gasteiger partial charge on any atom is 0.251 e. The molecule has 0 N–H and O–H groups in total. The van der Waals surface area contributed by atoms with Crippen LogP contribution in [0.25, 0.3) is 10.9 Å². The monoisotopic (exact) mass is 398 g/mol. The molecular weight excluding hydrogens is 376 g/mol. The van der Waals surface area contributed by atoms with E-state index >= 15 is 0 Å². The Hall–Kier alpha value is -3.86. The molecule has 0 fully saturated rings. The van der Waals surface area contributed by atoms with E-state index in [1.165, 1.54) is 4.57 Å². The van der Waals surface area contributed by atoms with Crippen molar-refractivity contribution in [3.05, 3.63) is 101 Å². The zero-order valence-corrected chi connectivity index (χ0v) is 16.9. The van der Waals surface area contributed by atoms with Gasteiger partial charge in [-0.1, -0.05) is 48.5 Å². The normalized spacial score (nSPS) is 10.7. The summed E-state index contributed by atoms with van der Waals surface area (Å²) in [7, 11) is 1.56. The van der Waals surface area contributed by atoms with E-state index in [-0.39, 0.29) is 18.0 Å². The van der Waals surface area contributed by atoms with Gasteiger partial charge in [-0.25, -0.2) is 0 Å². The van der Waals surface area contributed by atoms with Crippen LogP contribution in [0.3, 0.4) is 0 Å². The molecule has 5 nitrogen and oxygen atoms in total. The van der Waals surface area contributed by atoms with Crippen LogP contribution in [0, 0.1) is 6.92 Å². The smallest absolute Gasteiger partial charge is 0.251 e. The minimum absolute atomic E-state index is 0.111. The van der Waals surface area contributed by atoms with E-state index in [1.54, 1.807) is 24.1 Å². The summed E-state index contributed by atoms with van der Waals surface area (Å²) in [6.07, 6.45) is 0. The number of anilines is 2. The Kier molecular flexibility index (Phi) is 5.35. The van der Waals surface area contributed by atoms with Gasteiger partial charge in [0.05, 0.1) is 12.6 Å². The highest BCUT2D eigenvalue weighted by atomic mass is 16.5. The van der Waals surface area contributed by atoms with Crippen LogP contribution in [0.15, 0.2) is 89.7 Å². The molecule has 0 aliphatic heterocycles. The molecule has 150 valence electrons. The summed E-state index contributed by atoms with van der Waals surface area (Å²) in [5.74, 6) is 0.345. The van der Waals surface area contributed by atoms with Crippen molar-refractivity contribution >= 4 is 28.2 Å². The third-order valence-corrected chi connectivity index (χ3v) is 5.09. The van der Waals surface area contributed by atoms with Crippen LogP contribution in [-0.2, 0) is 11.3 Å². The van der Waals surface area contributed by atoms with Crippen molar-refractivity contribution in [3.63, 3.8) is 0 Å². The second-order valence-corrected chi connectivity index (χ2v) is 7.01. The lowest BCUT2D eigenvalue weighted by Gasteiger charge is -2.24. The maximum atomic E-state index is 13.5. The maximum absolute atomic E-state index is 13.5. The van der Waals surface area contributed by atoms with Crippen molar-refractivity contribution in [2.24, 2.45) is 0 Å². The van der Waals surface area contributed by atoms with Crippen LogP contribution in [0.1, 0.15) is 5.56 Å². The van der Waals surface area contributed by atoms with E-state index < -0.39 is 0 Å². The fourth-order valence-corrected chi connectivity index (χ4v) is 3.69. The number of hydrogen-bond donors (Lipinski definition) is 0. The predicted molar refractivity (Wildman–Crippen MR) is 120 cm³/mol. The summed E-state index contributed by atoms with van der Waals surface area (Å²) >= 11 is 0. The minimum Gasteiger partial charge on any atom is -0.495 e. The Morgan fingerprint density at radius 1 is 0.900 bits per heavy atom. The molecule has 4 rings (SSSR count). The van der Waals surface area contributed by atoms with E-state index in [0.29, 0.717) is 11.3 Å². The first-order chi connectivity index (χ1) is 14.6. The number of ether oxygens (including phenoxy) is 1. The number of pyridine rings is 1. The molecule has 0 saturated heterocycles. The van der Waals surface area contributed by atoms with Crippen molar-refractivity contribution < 1.29 is 9.53 Å². The molecular formula is C25H22N2O3. The fourth-order valence-electron chi connectivity index (χ4n) is 3.69. The third-order valence-electron chi connectivity index (χ3n) is 5.09. The Morgan fingerprint density at radius 2 is 1.50 bits per heavy atom. The van der Waals surface area contributed by atoms with E-state index in [1.807, 2.05) is 79.7 Å². The SMILES string of the molecule is COc1cccc2c(C)cc(=O)n(CC(=O)N(c3ccccc3)c3ccccc3)c12. The van der Waals surface area contributed by atoms with Crippen LogP contribution in [0.2, 0.25) is 0 Å². The van der Waals surface area contributed by atoms with Crippen molar-refractivity contribution in [1.82, 2.24) is 4.57 Å². The molecule has 4 aromatic rings. The van der Waals surface area contributed by atoms with Gasteiger partial charge in [0.1, 0.15) is 12.3 Å². The number of benzene rings is 3. The minimum atomic E-state index is -0.237. The van der Waals surface area contributed by atoms with Gasteiger partial charge in [-0.2, -0.15) is 0 Å². The number of rotatable bonds is 5. The molecule has 5 heteroatoms. The molecule has 0 aliphatic carbocycles. The lowest BCUT2D eigenvalue weighted by atomic mass is 10.1. The quantitative estimate of drug-likeness (QED) is 0.490. The fraction of sp³-hybridized carbons (Fsp3) is 0.120. The molecule has 3 aromatic carbocycles. The van der Waals surface area contributed by atoms with Crippen LogP contribution >= 0.6 is 0 Å². The summed E-state index contributed by atoms with van der Waals surface area (Å²) in [6, 6.07) is 26.0. The first-order valence-electron chi connectivity index (χ1n) is 9.70. The molecule has 0 spiro atoms. The Labute approximate surface area is 174 Å². The molecule has 30 heavy (non-hydrogen) atoms. The molecule has 1 heterocycles. The van der Waals surface area contributed by atoms with Crippen LogP contribution in [-0.4, -0.2) is 17.6 Å². The second-order valence-electron chi connectivity index (χ2n) is 7.01. The summed E-state index contributed by atoms with van der Waals surface area (Å²) in [6.45, 7) is 1.77. The molecule has 1 amide bonds. The standard InChI is InChI=1S/C25H22N2O3/c1-18-16-23(28)26(25-21(18)14-9-15-22(25)30-2)17-24(29)27(19-10-5-3-6-11-19)20-12-7-4-8-13-20/h3-16H,17H2,1-2H3. The number of carbonyl (C=O) groups is 1. The van der Waals surface area contributed by atoms with Crippen LogP contribution in [0.4, 0.5) is 11.4 Å². The Morgan fingerprint density at radius 3 is 2.07 bits per heavy atom. The average Bonchev–Trinajstić information content (AvgIpc) is 2.78. The van der Waals surface area contributed by atoms with Crippen LogP contribution < -0.4 is 15.2 Å². The summed E-state index contributed by atoms with van der Waals surface area (Å²) in [5, 5.41) is 0.882. The first kappa shape index (κ1) is 19.5. The number of fused-ring (bicyclic) bond motifs is 1. The summed E-state index contributed by atoms with van der Waals surface area (Å²) in [5.41, 5.74) is 2.72. The first-order valence-corrected chi connectivity index (χ1v) is 9.70.